The molecule has 0 unspecified atom stereocenters. The van der Waals surface area contributed by atoms with E-state index in [9.17, 15) is 4.79 Å². The summed E-state index contributed by atoms with van der Waals surface area (Å²) in [4.78, 5) is 11.3. The molecule has 0 aliphatic carbocycles. The van der Waals surface area contributed by atoms with Gasteiger partial charge in [-0.05, 0) is 19.8 Å². The molecular formula is C14H20N4O. The lowest BCUT2D eigenvalue weighted by Gasteiger charge is -2.12. The molecule has 0 bridgehead atoms. The Bertz CT molecular complexity index is 578. The molecule has 19 heavy (non-hydrogen) atoms. The molecule has 0 atom stereocenters. The van der Waals surface area contributed by atoms with Crippen molar-refractivity contribution in [3.63, 3.8) is 0 Å². The van der Waals surface area contributed by atoms with Crippen LogP contribution in [0.5, 0.6) is 0 Å². The van der Waals surface area contributed by atoms with Gasteiger partial charge in [0.15, 0.2) is 6.29 Å². The highest BCUT2D eigenvalue weighted by Crippen LogP contribution is 2.26. The summed E-state index contributed by atoms with van der Waals surface area (Å²) in [6.07, 6.45) is 6.62. The Morgan fingerprint density at radius 2 is 1.95 bits per heavy atom. The maximum absolute atomic E-state index is 11.3. The number of aromatic nitrogens is 4. The monoisotopic (exact) mass is 260 g/mol. The minimum Gasteiger partial charge on any atom is -0.298 e. The SMILES string of the molecule is CCC(CC)n1cc(C=O)c(-c2cn(C)nc2C)n1. The van der Waals surface area contributed by atoms with Crippen molar-refractivity contribution in [1.29, 1.82) is 0 Å². The molecule has 0 N–H and O–H groups in total. The molecule has 2 aromatic rings. The molecule has 0 aromatic carbocycles. The number of nitrogens with zero attached hydrogens (tertiary/aromatic N) is 4. The van der Waals surface area contributed by atoms with Gasteiger partial charge in [-0.3, -0.25) is 14.2 Å². The van der Waals surface area contributed by atoms with Crippen LogP contribution in [0.15, 0.2) is 12.4 Å². The van der Waals surface area contributed by atoms with Gasteiger partial charge in [-0.2, -0.15) is 10.2 Å². The van der Waals surface area contributed by atoms with E-state index in [-0.39, 0.29) is 0 Å². The Balaban J connectivity index is 2.51. The van der Waals surface area contributed by atoms with Gasteiger partial charge in [0.25, 0.3) is 0 Å². The van der Waals surface area contributed by atoms with E-state index in [2.05, 4.69) is 24.0 Å². The number of rotatable bonds is 5. The van der Waals surface area contributed by atoms with Gasteiger partial charge in [0.1, 0.15) is 5.69 Å². The van der Waals surface area contributed by atoms with Crippen molar-refractivity contribution in [2.45, 2.75) is 39.7 Å². The molecule has 0 aliphatic rings. The summed E-state index contributed by atoms with van der Waals surface area (Å²) in [5.74, 6) is 0. The molecule has 0 fully saturated rings. The van der Waals surface area contributed by atoms with Crippen LogP contribution in [0.3, 0.4) is 0 Å². The molecule has 0 saturated heterocycles. The summed E-state index contributed by atoms with van der Waals surface area (Å²) in [6, 6.07) is 0.337. The fourth-order valence-electron chi connectivity index (χ4n) is 2.38. The molecule has 0 spiro atoms. The van der Waals surface area contributed by atoms with Crippen LogP contribution in [0, 0.1) is 6.92 Å². The lowest BCUT2D eigenvalue weighted by molar-refractivity contribution is 0.112. The zero-order valence-corrected chi connectivity index (χ0v) is 11.9. The van der Waals surface area contributed by atoms with E-state index >= 15 is 0 Å². The van der Waals surface area contributed by atoms with Crippen molar-refractivity contribution in [1.82, 2.24) is 19.6 Å². The van der Waals surface area contributed by atoms with Crippen LogP contribution in [0.1, 0.15) is 48.8 Å². The lowest BCUT2D eigenvalue weighted by Crippen LogP contribution is -2.07. The Kier molecular flexibility index (Phi) is 3.83. The molecule has 2 aromatic heterocycles. The zero-order chi connectivity index (χ0) is 14.0. The molecule has 2 rings (SSSR count). The van der Waals surface area contributed by atoms with Gasteiger partial charge in [-0.1, -0.05) is 13.8 Å². The van der Waals surface area contributed by atoms with Gasteiger partial charge in [0, 0.05) is 25.0 Å². The molecular weight excluding hydrogens is 240 g/mol. The maximum atomic E-state index is 11.3. The normalized spacial score (nSPS) is 11.2. The van der Waals surface area contributed by atoms with Gasteiger partial charge in [-0.25, -0.2) is 0 Å². The second-order valence-corrected chi connectivity index (χ2v) is 4.80. The first kappa shape index (κ1) is 13.5. The highest BCUT2D eigenvalue weighted by Gasteiger charge is 2.17. The smallest absolute Gasteiger partial charge is 0.153 e. The summed E-state index contributed by atoms with van der Waals surface area (Å²) in [5.41, 5.74) is 3.17. The van der Waals surface area contributed by atoms with E-state index in [4.69, 9.17) is 0 Å². The van der Waals surface area contributed by atoms with Crippen molar-refractivity contribution in [2.75, 3.05) is 0 Å². The number of aldehydes is 1. The zero-order valence-electron chi connectivity index (χ0n) is 11.9. The van der Waals surface area contributed by atoms with Crippen molar-refractivity contribution in [3.05, 3.63) is 23.7 Å². The molecule has 5 heteroatoms. The van der Waals surface area contributed by atoms with Crippen LogP contribution < -0.4 is 0 Å². The summed E-state index contributed by atoms with van der Waals surface area (Å²) in [6.45, 7) is 6.19. The number of hydrogen-bond donors (Lipinski definition) is 0. The Hall–Kier alpha value is -1.91. The summed E-state index contributed by atoms with van der Waals surface area (Å²) >= 11 is 0. The van der Waals surface area contributed by atoms with E-state index in [1.165, 1.54) is 0 Å². The van der Waals surface area contributed by atoms with Crippen LogP contribution in [0.2, 0.25) is 0 Å². The van der Waals surface area contributed by atoms with Gasteiger partial charge >= 0.3 is 0 Å². The third kappa shape index (κ3) is 2.45. The second kappa shape index (κ2) is 5.38. The highest BCUT2D eigenvalue weighted by atomic mass is 16.1. The van der Waals surface area contributed by atoms with Crippen LogP contribution in [-0.2, 0) is 7.05 Å². The van der Waals surface area contributed by atoms with E-state index in [1.54, 1.807) is 4.68 Å². The molecule has 5 nitrogen and oxygen atoms in total. The quantitative estimate of drug-likeness (QED) is 0.777. The number of aryl methyl sites for hydroxylation is 2. The van der Waals surface area contributed by atoms with Crippen molar-refractivity contribution < 1.29 is 4.79 Å². The number of hydrogen-bond acceptors (Lipinski definition) is 3. The van der Waals surface area contributed by atoms with Crippen LogP contribution in [-0.4, -0.2) is 25.8 Å². The van der Waals surface area contributed by atoms with Crippen LogP contribution >= 0.6 is 0 Å². The van der Waals surface area contributed by atoms with Crippen molar-refractivity contribution in [3.8, 4) is 11.3 Å². The molecule has 2 heterocycles. The first-order valence-electron chi connectivity index (χ1n) is 6.65. The van der Waals surface area contributed by atoms with E-state index in [0.717, 1.165) is 36.1 Å². The standard InChI is InChI=1S/C14H20N4O/c1-5-12(6-2)18-7-11(9-19)14(16-18)13-8-17(4)15-10(13)3/h7-9,12H,5-6H2,1-4H3. The largest absolute Gasteiger partial charge is 0.298 e. The molecule has 0 amide bonds. The number of carbonyl (C=O) groups is 1. The topological polar surface area (TPSA) is 52.7 Å². The second-order valence-electron chi connectivity index (χ2n) is 4.80. The predicted octanol–water partition coefficient (Wildman–Crippen LogP) is 2.77. The maximum Gasteiger partial charge on any atom is 0.153 e. The highest BCUT2D eigenvalue weighted by molar-refractivity contribution is 5.85. The third-order valence-electron chi connectivity index (χ3n) is 3.47. The van der Waals surface area contributed by atoms with Crippen LogP contribution in [0.4, 0.5) is 0 Å². The fourth-order valence-corrected chi connectivity index (χ4v) is 2.38. The third-order valence-corrected chi connectivity index (χ3v) is 3.47. The van der Waals surface area contributed by atoms with Gasteiger partial charge in [0.2, 0.25) is 0 Å². The molecule has 0 radical (unpaired) electrons. The minimum absolute atomic E-state index is 0.337. The van der Waals surface area contributed by atoms with Crippen molar-refractivity contribution in [2.24, 2.45) is 7.05 Å². The first-order chi connectivity index (χ1) is 9.10. The van der Waals surface area contributed by atoms with E-state index in [0.29, 0.717) is 11.6 Å². The average molecular weight is 260 g/mol. The van der Waals surface area contributed by atoms with E-state index in [1.807, 2.05) is 31.0 Å². The van der Waals surface area contributed by atoms with Gasteiger partial charge in [0.05, 0.1) is 17.3 Å². The molecule has 102 valence electrons. The Labute approximate surface area is 113 Å². The predicted molar refractivity (Wildman–Crippen MR) is 74.2 cm³/mol. The minimum atomic E-state index is 0.337. The van der Waals surface area contributed by atoms with Gasteiger partial charge in [-0.15, -0.1) is 0 Å². The van der Waals surface area contributed by atoms with E-state index < -0.39 is 0 Å². The Morgan fingerprint density at radius 1 is 1.26 bits per heavy atom. The molecule has 0 saturated carbocycles. The number of carbonyl (C=O) groups excluding carboxylic acids is 1. The van der Waals surface area contributed by atoms with Crippen molar-refractivity contribution >= 4 is 6.29 Å². The van der Waals surface area contributed by atoms with Gasteiger partial charge < -0.3 is 0 Å². The summed E-state index contributed by atoms with van der Waals surface area (Å²) in [5, 5.41) is 8.91. The first-order valence-corrected chi connectivity index (χ1v) is 6.65. The Morgan fingerprint density at radius 3 is 2.42 bits per heavy atom. The fraction of sp³-hybridized carbons (Fsp3) is 0.500. The molecule has 0 aliphatic heterocycles. The average Bonchev–Trinajstić information content (AvgIpc) is 2.94. The summed E-state index contributed by atoms with van der Waals surface area (Å²) < 4.78 is 3.65. The summed E-state index contributed by atoms with van der Waals surface area (Å²) in [7, 11) is 1.87. The lowest BCUT2D eigenvalue weighted by atomic mass is 10.1. The van der Waals surface area contributed by atoms with Crippen LogP contribution in [0.25, 0.3) is 11.3 Å².